The van der Waals surface area contributed by atoms with Gasteiger partial charge in [0, 0.05) is 19.4 Å². The highest BCUT2D eigenvalue weighted by Crippen LogP contribution is 2.43. The van der Waals surface area contributed by atoms with Gasteiger partial charge in [-0.1, -0.05) is 302 Å². The molecule has 10 heteroatoms. The van der Waals surface area contributed by atoms with Gasteiger partial charge in [0.2, 0.25) is 0 Å². The standard InChI is InChI=1S/C73H126NO8P/c1-3-5-7-9-11-13-15-17-19-21-23-25-27-29-31-32-33-34-35-36-37-38-40-42-44-46-48-50-52-54-56-58-60-62-64-66-73(76)82-71(70-81-83(77,78)80-68-67-74)69-79-72(75)65-63-61-59-57-55-53-51-49-47-45-43-41-39-30-28-26-24-22-20-18-16-14-12-10-8-6-4-2/h5-8,11-14,17-20,23-26,29,31,33-34,71H,3-4,9-10,15-16,21-22,27-28,30,32,35-70,74H2,1-2H3,(H,77,78)/b7-5-,8-6-,13-11-,14-12-,19-17-,20-18-,25-23-,26-24-,31-29-,34-33-. The maximum Gasteiger partial charge on any atom is 0.472 e. The summed E-state index contributed by atoms with van der Waals surface area (Å²) in [4.78, 5) is 35.4. The first-order valence-electron chi connectivity index (χ1n) is 34.0. The monoisotopic (exact) mass is 1180 g/mol. The van der Waals surface area contributed by atoms with Gasteiger partial charge < -0.3 is 20.1 Å². The summed E-state index contributed by atoms with van der Waals surface area (Å²) in [5, 5.41) is 0. The molecule has 0 rings (SSSR count). The molecule has 2 unspecified atom stereocenters. The molecule has 0 aromatic carbocycles. The van der Waals surface area contributed by atoms with E-state index in [4.69, 9.17) is 24.3 Å². The molecule has 0 radical (unpaired) electrons. The van der Waals surface area contributed by atoms with Crippen molar-refractivity contribution in [2.24, 2.45) is 5.73 Å². The topological polar surface area (TPSA) is 134 Å². The number of phosphoric acid groups is 1. The van der Waals surface area contributed by atoms with E-state index in [1.165, 1.54) is 161 Å². The average molecular weight is 1180 g/mol. The molecule has 0 saturated heterocycles. The van der Waals surface area contributed by atoms with Gasteiger partial charge in [0.05, 0.1) is 13.2 Å². The molecular weight excluding hydrogens is 1050 g/mol. The van der Waals surface area contributed by atoms with Crippen LogP contribution in [0.1, 0.15) is 296 Å². The number of rotatable bonds is 63. The van der Waals surface area contributed by atoms with Crippen LogP contribution in [-0.2, 0) is 32.7 Å². The quantitative estimate of drug-likeness (QED) is 0.0264. The highest BCUT2D eigenvalue weighted by molar-refractivity contribution is 7.47. The maximum absolute atomic E-state index is 12.8. The van der Waals surface area contributed by atoms with Crippen molar-refractivity contribution in [3.63, 3.8) is 0 Å². The molecule has 0 amide bonds. The van der Waals surface area contributed by atoms with Crippen LogP contribution in [0, 0.1) is 0 Å². The van der Waals surface area contributed by atoms with Gasteiger partial charge in [-0.2, -0.15) is 0 Å². The van der Waals surface area contributed by atoms with Crippen LogP contribution < -0.4 is 5.73 Å². The first kappa shape index (κ1) is 79.4. The number of hydrogen-bond donors (Lipinski definition) is 2. The zero-order chi connectivity index (χ0) is 60.1. The van der Waals surface area contributed by atoms with Crippen molar-refractivity contribution in [2.45, 2.75) is 302 Å². The molecule has 476 valence electrons. The highest BCUT2D eigenvalue weighted by Gasteiger charge is 2.26. The minimum Gasteiger partial charge on any atom is -0.462 e. The Kier molecular flexibility index (Phi) is 64.6. The lowest BCUT2D eigenvalue weighted by Gasteiger charge is -2.19. The largest absolute Gasteiger partial charge is 0.472 e. The third kappa shape index (κ3) is 67.4. The number of allylic oxidation sites excluding steroid dienone is 20. The molecular formula is C73H126NO8P. The summed E-state index contributed by atoms with van der Waals surface area (Å²) >= 11 is 0. The lowest BCUT2D eigenvalue weighted by atomic mass is 10.0. The molecule has 0 aromatic heterocycles. The Labute approximate surface area is 511 Å². The molecule has 83 heavy (non-hydrogen) atoms. The highest BCUT2D eigenvalue weighted by atomic mass is 31.2. The van der Waals surface area contributed by atoms with Crippen LogP contribution in [0.4, 0.5) is 0 Å². The zero-order valence-electron chi connectivity index (χ0n) is 53.4. The van der Waals surface area contributed by atoms with Gasteiger partial charge in [0.25, 0.3) is 0 Å². The normalized spacial score (nSPS) is 13.7. The molecule has 0 aromatic rings. The van der Waals surface area contributed by atoms with E-state index in [0.717, 1.165) is 103 Å². The van der Waals surface area contributed by atoms with E-state index < -0.39 is 26.5 Å². The predicted octanol–water partition coefficient (Wildman–Crippen LogP) is 22.3. The van der Waals surface area contributed by atoms with E-state index in [2.05, 4.69) is 135 Å². The van der Waals surface area contributed by atoms with E-state index in [1.54, 1.807) is 0 Å². The Hall–Kier alpha value is -3.59. The summed E-state index contributed by atoms with van der Waals surface area (Å²) in [5.74, 6) is -0.823. The Morgan fingerprint density at radius 3 is 0.928 bits per heavy atom. The fourth-order valence-electron chi connectivity index (χ4n) is 9.40. The van der Waals surface area contributed by atoms with Gasteiger partial charge in [0.15, 0.2) is 6.10 Å². The molecule has 0 bridgehead atoms. The molecule has 3 N–H and O–H groups in total. The number of carbonyl (C=O) groups excluding carboxylic acids is 2. The Morgan fingerprint density at radius 1 is 0.361 bits per heavy atom. The Bertz CT molecular complexity index is 1770. The second-order valence-corrected chi connectivity index (χ2v) is 23.7. The second-order valence-electron chi connectivity index (χ2n) is 22.3. The minimum absolute atomic E-state index is 0.0499. The third-order valence-corrected chi connectivity index (χ3v) is 15.3. The zero-order valence-corrected chi connectivity index (χ0v) is 54.3. The number of esters is 2. The van der Waals surface area contributed by atoms with E-state index in [0.29, 0.717) is 6.42 Å². The van der Waals surface area contributed by atoms with E-state index in [9.17, 15) is 19.0 Å². The van der Waals surface area contributed by atoms with Crippen LogP contribution in [0.15, 0.2) is 122 Å². The minimum atomic E-state index is -4.40. The summed E-state index contributed by atoms with van der Waals surface area (Å²) in [7, 11) is -4.40. The maximum atomic E-state index is 12.8. The number of nitrogens with two attached hydrogens (primary N) is 1. The van der Waals surface area contributed by atoms with Gasteiger partial charge in [-0.25, -0.2) is 4.57 Å². The van der Waals surface area contributed by atoms with Crippen LogP contribution in [0.3, 0.4) is 0 Å². The lowest BCUT2D eigenvalue weighted by Crippen LogP contribution is -2.29. The molecule has 0 spiro atoms. The van der Waals surface area contributed by atoms with Crippen molar-refractivity contribution in [2.75, 3.05) is 26.4 Å². The number of unbranched alkanes of at least 4 members (excludes halogenated alkanes) is 30. The predicted molar refractivity (Wildman–Crippen MR) is 358 cm³/mol. The molecule has 9 nitrogen and oxygen atoms in total. The van der Waals surface area contributed by atoms with Crippen molar-refractivity contribution in [3.05, 3.63) is 122 Å². The smallest absolute Gasteiger partial charge is 0.462 e. The lowest BCUT2D eigenvalue weighted by molar-refractivity contribution is -0.161. The Morgan fingerprint density at radius 2 is 0.627 bits per heavy atom. The number of ether oxygens (including phenoxy) is 2. The molecule has 0 aliphatic rings. The second kappa shape index (κ2) is 67.5. The van der Waals surface area contributed by atoms with Crippen LogP contribution in [0.2, 0.25) is 0 Å². The van der Waals surface area contributed by atoms with Gasteiger partial charge in [-0.15, -0.1) is 0 Å². The first-order valence-corrected chi connectivity index (χ1v) is 35.5. The van der Waals surface area contributed by atoms with Gasteiger partial charge >= 0.3 is 19.8 Å². The van der Waals surface area contributed by atoms with Crippen molar-refractivity contribution in [1.82, 2.24) is 0 Å². The molecule has 0 fully saturated rings. The Balaban J connectivity index is 3.89. The van der Waals surface area contributed by atoms with Gasteiger partial charge in [-0.3, -0.25) is 18.6 Å². The number of hydrogen-bond acceptors (Lipinski definition) is 8. The summed E-state index contributed by atoms with van der Waals surface area (Å²) in [6, 6.07) is 0. The number of phosphoric ester groups is 1. The average Bonchev–Trinajstić information content (AvgIpc) is 3.48. The number of carbonyl (C=O) groups is 2. The van der Waals surface area contributed by atoms with Crippen LogP contribution in [0.25, 0.3) is 0 Å². The fourth-order valence-corrected chi connectivity index (χ4v) is 10.2. The summed E-state index contributed by atoms with van der Waals surface area (Å²) in [6.45, 7) is 3.54. The van der Waals surface area contributed by atoms with Gasteiger partial charge in [0.1, 0.15) is 6.61 Å². The molecule has 2 atom stereocenters. The van der Waals surface area contributed by atoms with Crippen LogP contribution >= 0.6 is 7.82 Å². The van der Waals surface area contributed by atoms with Crippen LogP contribution in [0.5, 0.6) is 0 Å². The van der Waals surface area contributed by atoms with Crippen molar-refractivity contribution in [1.29, 1.82) is 0 Å². The summed E-state index contributed by atoms with van der Waals surface area (Å²) < 4.78 is 33.2. The molecule has 0 heterocycles. The molecule has 0 saturated carbocycles. The van der Waals surface area contributed by atoms with Gasteiger partial charge in [-0.05, 0) is 103 Å². The first-order chi connectivity index (χ1) is 40.8. The van der Waals surface area contributed by atoms with Crippen molar-refractivity contribution < 1.29 is 37.6 Å². The van der Waals surface area contributed by atoms with Crippen LogP contribution in [-0.4, -0.2) is 49.3 Å². The SMILES string of the molecule is CC/C=C\C/C=C\C/C=C\C/C=C\C/C=C\C/C=C\CCCCCCCCCCCCCCCCCCC(=O)OC(COC(=O)CCCCCCCCCCCCCCCC/C=C\C/C=C\C/C=C\C/C=C\CC)COP(=O)(O)OCCN. The summed E-state index contributed by atoms with van der Waals surface area (Å²) in [5.41, 5.74) is 5.40. The summed E-state index contributed by atoms with van der Waals surface area (Å²) in [6.07, 6.45) is 94.2. The third-order valence-electron chi connectivity index (χ3n) is 14.3. The van der Waals surface area contributed by atoms with E-state index >= 15 is 0 Å². The van der Waals surface area contributed by atoms with E-state index in [-0.39, 0.29) is 38.6 Å². The molecule has 0 aliphatic carbocycles. The molecule has 0 aliphatic heterocycles. The van der Waals surface area contributed by atoms with E-state index in [1.807, 2.05) is 0 Å². The van der Waals surface area contributed by atoms with Crippen molar-refractivity contribution >= 4 is 19.8 Å². The fraction of sp³-hybridized carbons (Fsp3) is 0.699. The van der Waals surface area contributed by atoms with Crippen molar-refractivity contribution in [3.8, 4) is 0 Å².